The van der Waals surface area contributed by atoms with Crippen LogP contribution in [-0.4, -0.2) is 42.1 Å². The van der Waals surface area contributed by atoms with Crippen LogP contribution in [0.1, 0.15) is 49.4 Å². The third-order valence-corrected chi connectivity index (χ3v) is 7.01. The number of rotatable bonds is 9. The average molecular weight is 483 g/mol. The minimum absolute atomic E-state index is 0.0592. The molecule has 0 aliphatic heterocycles. The van der Waals surface area contributed by atoms with Crippen LogP contribution < -0.4 is 9.46 Å². The number of hydrogen-bond acceptors (Lipinski definition) is 8. The molecular weight excluding hydrogens is 456 g/mol. The first-order valence-electron chi connectivity index (χ1n) is 11.1. The van der Waals surface area contributed by atoms with E-state index < -0.39 is 10.0 Å². The van der Waals surface area contributed by atoms with Gasteiger partial charge in [0.25, 0.3) is 5.89 Å². The van der Waals surface area contributed by atoms with E-state index in [-0.39, 0.29) is 36.8 Å². The van der Waals surface area contributed by atoms with E-state index in [1.807, 2.05) is 32.0 Å². The molecule has 0 amide bonds. The van der Waals surface area contributed by atoms with Crippen LogP contribution in [0, 0.1) is 11.3 Å². The Bertz CT molecular complexity index is 1330. The number of aliphatic hydroxyl groups is 1. The van der Waals surface area contributed by atoms with Gasteiger partial charge in [-0.2, -0.15) is 10.2 Å². The first kappa shape index (κ1) is 23.9. The molecule has 1 aromatic heterocycles. The van der Waals surface area contributed by atoms with Gasteiger partial charge in [0, 0.05) is 23.8 Å². The van der Waals surface area contributed by atoms with E-state index in [4.69, 9.17) is 14.4 Å². The third kappa shape index (κ3) is 5.12. The van der Waals surface area contributed by atoms with Crippen molar-refractivity contribution in [1.29, 1.82) is 5.26 Å². The van der Waals surface area contributed by atoms with Gasteiger partial charge in [-0.05, 0) is 62.4 Å². The molecule has 3 aromatic rings. The highest BCUT2D eigenvalue weighted by atomic mass is 32.2. The van der Waals surface area contributed by atoms with Crippen LogP contribution >= 0.6 is 0 Å². The first-order chi connectivity index (χ1) is 16.3. The molecule has 0 saturated carbocycles. The summed E-state index contributed by atoms with van der Waals surface area (Å²) in [6.07, 6.45) is 1.43. The lowest BCUT2D eigenvalue weighted by Crippen LogP contribution is -2.29. The summed E-state index contributed by atoms with van der Waals surface area (Å²) in [5.41, 5.74) is 3.63. The molecule has 0 spiro atoms. The van der Waals surface area contributed by atoms with E-state index in [1.54, 1.807) is 18.2 Å². The van der Waals surface area contributed by atoms with Gasteiger partial charge in [-0.3, -0.25) is 0 Å². The van der Waals surface area contributed by atoms with Crippen molar-refractivity contribution >= 4 is 10.0 Å². The Balaban J connectivity index is 1.60. The summed E-state index contributed by atoms with van der Waals surface area (Å²) in [4.78, 5) is 4.54. The fourth-order valence-corrected chi connectivity index (χ4v) is 5.38. The number of aliphatic hydroxyl groups excluding tert-OH is 1. The molecule has 0 saturated heterocycles. The van der Waals surface area contributed by atoms with Gasteiger partial charge < -0.3 is 14.4 Å². The van der Waals surface area contributed by atoms with Crippen LogP contribution in [0.3, 0.4) is 0 Å². The molecule has 1 aliphatic carbocycles. The lowest BCUT2D eigenvalue weighted by molar-refractivity contribution is 0.241. The predicted molar refractivity (Wildman–Crippen MR) is 125 cm³/mol. The summed E-state index contributed by atoms with van der Waals surface area (Å²) in [5, 5.41) is 22.6. The lowest BCUT2D eigenvalue weighted by Gasteiger charge is -2.14. The van der Waals surface area contributed by atoms with Crippen LogP contribution in [0.25, 0.3) is 22.8 Å². The van der Waals surface area contributed by atoms with Crippen LogP contribution in [0.5, 0.6) is 5.75 Å². The molecular formula is C24H26N4O5S. The van der Waals surface area contributed by atoms with Crippen molar-refractivity contribution in [2.75, 3.05) is 12.4 Å². The second-order valence-electron chi connectivity index (χ2n) is 8.39. The Hall–Kier alpha value is -3.26. The number of nitriles is 1. The highest BCUT2D eigenvalue weighted by Gasteiger charge is 2.29. The molecule has 1 aliphatic rings. The maximum atomic E-state index is 12.3. The second kappa shape index (κ2) is 9.93. The van der Waals surface area contributed by atoms with E-state index in [9.17, 15) is 13.7 Å². The van der Waals surface area contributed by atoms with Crippen molar-refractivity contribution < 1.29 is 22.8 Å². The molecule has 2 aromatic carbocycles. The second-order valence-corrected chi connectivity index (χ2v) is 10.3. The number of hydrogen-bond donors (Lipinski definition) is 2. The number of fused-ring (bicyclic) bond motifs is 1. The Morgan fingerprint density at radius 1 is 1.32 bits per heavy atom. The summed E-state index contributed by atoms with van der Waals surface area (Å²) in [7, 11) is -3.49. The molecule has 4 rings (SSSR count). The molecule has 34 heavy (non-hydrogen) atoms. The monoisotopic (exact) mass is 482 g/mol. The summed E-state index contributed by atoms with van der Waals surface area (Å²) in [6.45, 7) is 3.61. The molecule has 0 fully saturated rings. The Kier molecular flexibility index (Phi) is 6.97. The van der Waals surface area contributed by atoms with Crippen LogP contribution in [0.2, 0.25) is 0 Å². The van der Waals surface area contributed by atoms with Gasteiger partial charge in [0.2, 0.25) is 15.8 Å². The topological polar surface area (TPSA) is 138 Å². The van der Waals surface area contributed by atoms with Gasteiger partial charge in [-0.25, -0.2) is 13.1 Å². The Labute approximate surface area is 198 Å². The van der Waals surface area contributed by atoms with Crippen molar-refractivity contribution in [3.05, 3.63) is 53.1 Å². The maximum absolute atomic E-state index is 12.3. The largest absolute Gasteiger partial charge is 0.490 e. The van der Waals surface area contributed by atoms with Crippen molar-refractivity contribution in [2.24, 2.45) is 0 Å². The molecule has 178 valence electrons. The normalized spacial score (nSPS) is 15.3. The molecule has 0 radical (unpaired) electrons. The smallest absolute Gasteiger partial charge is 0.258 e. The fraction of sp³-hybridized carbons (Fsp3) is 0.375. The van der Waals surface area contributed by atoms with E-state index in [0.29, 0.717) is 35.5 Å². The van der Waals surface area contributed by atoms with Gasteiger partial charge >= 0.3 is 0 Å². The summed E-state index contributed by atoms with van der Waals surface area (Å²) in [6, 6.07) is 12.6. The minimum Gasteiger partial charge on any atom is -0.490 e. The fourth-order valence-electron chi connectivity index (χ4n) is 4.07. The molecule has 1 unspecified atom stereocenters. The van der Waals surface area contributed by atoms with Crippen molar-refractivity contribution in [3.8, 4) is 34.7 Å². The Morgan fingerprint density at radius 3 is 2.88 bits per heavy atom. The maximum Gasteiger partial charge on any atom is 0.258 e. The van der Waals surface area contributed by atoms with Gasteiger partial charge in [0.1, 0.15) is 11.8 Å². The molecule has 9 nitrogen and oxygen atoms in total. The van der Waals surface area contributed by atoms with Crippen molar-refractivity contribution in [1.82, 2.24) is 14.9 Å². The number of benzene rings is 2. The van der Waals surface area contributed by atoms with Gasteiger partial charge in [0.05, 0.1) is 17.4 Å². The number of nitrogens with zero attached hydrogens (tertiary/aromatic N) is 3. The highest BCUT2D eigenvalue weighted by molar-refractivity contribution is 7.89. The summed E-state index contributed by atoms with van der Waals surface area (Å²) >= 11 is 0. The molecule has 0 bridgehead atoms. The average Bonchev–Trinajstić information content (AvgIpc) is 3.45. The van der Waals surface area contributed by atoms with Crippen LogP contribution in [0.4, 0.5) is 0 Å². The van der Waals surface area contributed by atoms with E-state index >= 15 is 0 Å². The number of aromatic nitrogens is 2. The van der Waals surface area contributed by atoms with Crippen LogP contribution in [0.15, 0.2) is 40.9 Å². The third-order valence-electron chi connectivity index (χ3n) is 5.54. The zero-order valence-corrected chi connectivity index (χ0v) is 19.8. The molecule has 10 heteroatoms. The molecule has 1 atom stereocenters. The minimum atomic E-state index is -3.49. The van der Waals surface area contributed by atoms with Gasteiger partial charge in [-0.1, -0.05) is 23.4 Å². The first-order valence-corrected chi connectivity index (χ1v) is 12.7. The SMILES string of the molecule is CC(C)Oc1ccc(-c2nc(-c3cccc4c3CCC4NS(=O)(=O)CCCO)no2)cc1C#N. The highest BCUT2D eigenvalue weighted by Crippen LogP contribution is 2.38. The quantitative estimate of drug-likeness (QED) is 0.473. The lowest BCUT2D eigenvalue weighted by atomic mass is 10.0. The van der Waals surface area contributed by atoms with Crippen LogP contribution in [-0.2, 0) is 16.4 Å². The van der Waals surface area contributed by atoms with E-state index in [1.165, 1.54) is 0 Å². The standard InChI is InChI=1S/C24H26N4O5S/c1-15(2)32-22-10-7-16(13-17(22)14-25)24-26-23(27-33-24)20-6-3-5-19-18(20)8-9-21(19)28-34(30,31)12-4-11-29/h3,5-7,10,13,15,21,28-29H,4,8-9,11-12H2,1-2H3. The van der Waals surface area contributed by atoms with E-state index in [2.05, 4.69) is 20.9 Å². The van der Waals surface area contributed by atoms with E-state index in [0.717, 1.165) is 16.7 Å². The number of nitrogens with one attached hydrogen (secondary N) is 1. The molecule has 1 heterocycles. The van der Waals surface area contributed by atoms with Crippen molar-refractivity contribution in [2.45, 2.75) is 45.3 Å². The number of sulfonamides is 1. The van der Waals surface area contributed by atoms with Gasteiger partial charge in [0.15, 0.2) is 0 Å². The Morgan fingerprint density at radius 2 is 2.15 bits per heavy atom. The zero-order chi connectivity index (χ0) is 24.3. The van der Waals surface area contributed by atoms with Crippen molar-refractivity contribution in [3.63, 3.8) is 0 Å². The predicted octanol–water partition coefficient (Wildman–Crippen LogP) is 3.35. The van der Waals surface area contributed by atoms with Gasteiger partial charge in [-0.15, -0.1) is 0 Å². The number of ether oxygens (including phenoxy) is 1. The zero-order valence-electron chi connectivity index (χ0n) is 19.0. The summed E-state index contributed by atoms with van der Waals surface area (Å²) < 4.78 is 38.5. The molecule has 2 N–H and O–H groups in total. The summed E-state index contributed by atoms with van der Waals surface area (Å²) in [5.74, 6) is 1.06.